The van der Waals surface area contributed by atoms with Crippen LogP contribution in [0.25, 0.3) is 0 Å². The van der Waals surface area contributed by atoms with Crippen LogP contribution in [0.2, 0.25) is 0 Å². The highest BCUT2D eigenvalue weighted by Crippen LogP contribution is 2.28. The molecule has 0 radical (unpaired) electrons. The van der Waals surface area contributed by atoms with Crippen LogP contribution in [-0.2, 0) is 10.0 Å². The number of hydrogen-bond acceptors (Lipinski definition) is 6. The van der Waals surface area contributed by atoms with Crippen LogP contribution in [0, 0.1) is 0 Å². The molecule has 30 heavy (non-hydrogen) atoms. The van der Waals surface area contributed by atoms with Gasteiger partial charge in [0, 0.05) is 24.5 Å². The smallest absolute Gasteiger partial charge is 0.291 e. The van der Waals surface area contributed by atoms with Crippen molar-refractivity contribution in [1.29, 1.82) is 0 Å². The molecule has 0 aliphatic carbocycles. The maximum atomic E-state index is 12.9. The molecule has 2 N–H and O–H groups in total. The molecular formula is C20H19N3O5S2. The zero-order valence-electron chi connectivity index (χ0n) is 15.8. The van der Waals surface area contributed by atoms with Crippen molar-refractivity contribution in [3.8, 4) is 0 Å². The van der Waals surface area contributed by atoms with Gasteiger partial charge in [-0.1, -0.05) is 6.07 Å². The summed E-state index contributed by atoms with van der Waals surface area (Å²) in [6.45, 7) is 0.938. The van der Waals surface area contributed by atoms with Gasteiger partial charge in [-0.2, -0.15) is 4.31 Å². The van der Waals surface area contributed by atoms with E-state index in [1.54, 1.807) is 41.8 Å². The van der Waals surface area contributed by atoms with Gasteiger partial charge in [-0.15, -0.1) is 11.3 Å². The third-order valence-electron chi connectivity index (χ3n) is 4.64. The number of carbonyl (C=O) groups excluding carboxylic acids is 2. The summed E-state index contributed by atoms with van der Waals surface area (Å²) in [5.41, 5.74) is 0.889. The molecule has 0 bridgehead atoms. The Labute approximate surface area is 177 Å². The molecule has 8 nitrogen and oxygen atoms in total. The van der Waals surface area contributed by atoms with Crippen LogP contribution in [0.4, 0.5) is 11.4 Å². The van der Waals surface area contributed by atoms with Gasteiger partial charge in [0.15, 0.2) is 5.76 Å². The van der Waals surface area contributed by atoms with Crippen LogP contribution < -0.4 is 10.6 Å². The number of hydrogen-bond donors (Lipinski definition) is 2. The Hall–Kier alpha value is -2.95. The molecule has 0 unspecified atom stereocenters. The summed E-state index contributed by atoms with van der Waals surface area (Å²) >= 11 is 1.08. The fourth-order valence-corrected chi connectivity index (χ4v) is 6.01. The van der Waals surface area contributed by atoms with Crippen molar-refractivity contribution in [3.05, 3.63) is 64.7 Å². The molecule has 2 amide bonds. The molecule has 3 heterocycles. The Bertz CT molecular complexity index is 1160. The van der Waals surface area contributed by atoms with Crippen LogP contribution in [-0.4, -0.2) is 37.6 Å². The van der Waals surface area contributed by atoms with Gasteiger partial charge >= 0.3 is 0 Å². The van der Waals surface area contributed by atoms with Gasteiger partial charge < -0.3 is 15.1 Å². The molecule has 10 heteroatoms. The Kier molecular flexibility index (Phi) is 5.71. The second-order valence-corrected chi connectivity index (χ2v) is 9.51. The van der Waals surface area contributed by atoms with Gasteiger partial charge in [0.05, 0.1) is 6.26 Å². The molecule has 1 aliphatic rings. The minimum atomic E-state index is -3.70. The van der Waals surface area contributed by atoms with E-state index in [1.807, 2.05) is 0 Å². The summed E-state index contributed by atoms with van der Waals surface area (Å²) in [6, 6.07) is 11.2. The molecule has 0 saturated carbocycles. The Morgan fingerprint density at radius 2 is 1.67 bits per heavy atom. The number of anilines is 2. The highest BCUT2D eigenvalue weighted by Gasteiger charge is 2.31. The number of nitrogens with zero attached hydrogens (tertiary/aromatic N) is 1. The molecule has 3 aromatic rings. The number of sulfonamides is 1. The second kappa shape index (κ2) is 8.42. The molecular weight excluding hydrogens is 426 g/mol. The van der Waals surface area contributed by atoms with Gasteiger partial charge in [-0.3, -0.25) is 9.59 Å². The third kappa shape index (κ3) is 4.16. The number of thiophene rings is 1. The second-order valence-electron chi connectivity index (χ2n) is 6.69. The summed E-state index contributed by atoms with van der Waals surface area (Å²) in [6.07, 6.45) is 3.04. The topological polar surface area (TPSA) is 109 Å². The quantitative estimate of drug-likeness (QED) is 0.602. The van der Waals surface area contributed by atoms with E-state index in [0.717, 1.165) is 24.2 Å². The lowest BCUT2D eigenvalue weighted by atomic mass is 10.2. The molecule has 0 atom stereocenters. The molecule has 156 valence electrons. The first kappa shape index (κ1) is 20.3. The summed E-state index contributed by atoms with van der Waals surface area (Å²) in [7, 11) is -3.70. The van der Waals surface area contributed by atoms with Crippen molar-refractivity contribution in [1.82, 2.24) is 4.31 Å². The molecule has 2 aromatic heterocycles. The lowest BCUT2D eigenvalue weighted by molar-refractivity contribution is 0.0995. The average Bonchev–Trinajstić information content (AvgIpc) is 3.51. The first-order chi connectivity index (χ1) is 14.4. The van der Waals surface area contributed by atoms with Crippen molar-refractivity contribution >= 4 is 44.5 Å². The van der Waals surface area contributed by atoms with Crippen molar-refractivity contribution < 1.29 is 22.4 Å². The first-order valence-corrected chi connectivity index (χ1v) is 11.6. The minimum absolute atomic E-state index is 0.0224. The third-order valence-corrected chi connectivity index (χ3v) is 7.62. The number of benzene rings is 1. The molecule has 1 saturated heterocycles. The summed E-state index contributed by atoms with van der Waals surface area (Å²) in [5, 5.41) is 6.99. The van der Waals surface area contributed by atoms with Crippen LogP contribution >= 0.6 is 11.3 Å². The Balaban J connectivity index is 1.50. The predicted molar refractivity (Wildman–Crippen MR) is 113 cm³/mol. The monoisotopic (exact) mass is 445 g/mol. The minimum Gasteiger partial charge on any atom is -0.459 e. The fourth-order valence-electron chi connectivity index (χ4n) is 3.20. The van der Waals surface area contributed by atoms with Gasteiger partial charge in [0.1, 0.15) is 9.77 Å². The number of furan rings is 1. The van der Waals surface area contributed by atoms with Gasteiger partial charge in [0.2, 0.25) is 10.0 Å². The average molecular weight is 446 g/mol. The molecule has 1 fully saturated rings. The molecule has 1 aliphatic heterocycles. The lowest BCUT2D eigenvalue weighted by Gasteiger charge is -2.15. The van der Waals surface area contributed by atoms with Crippen molar-refractivity contribution in [2.45, 2.75) is 17.7 Å². The molecule has 1 aromatic carbocycles. The first-order valence-electron chi connectivity index (χ1n) is 9.29. The lowest BCUT2D eigenvalue weighted by Crippen LogP contribution is -2.29. The van der Waals surface area contributed by atoms with E-state index >= 15 is 0 Å². The van der Waals surface area contributed by atoms with E-state index in [2.05, 4.69) is 10.6 Å². The fraction of sp³-hybridized carbons (Fsp3) is 0.200. The van der Waals surface area contributed by atoms with E-state index in [-0.39, 0.29) is 15.5 Å². The van der Waals surface area contributed by atoms with E-state index < -0.39 is 21.8 Å². The number of carbonyl (C=O) groups is 2. The highest BCUT2D eigenvalue weighted by molar-refractivity contribution is 7.89. The normalized spacial score (nSPS) is 14.5. The Morgan fingerprint density at radius 3 is 2.33 bits per heavy atom. The number of nitrogens with one attached hydrogen (secondary N) is 2. The standard InChI is InChI=1S/C20H19N3O5S2/c24-19(16-7-4-11-28-16)21-14-5-3-6-15(13-14)22-20(25)18-17(8-12-29-18)30(26,27)23-9-1-2-10-23/h3-8,11-13H,1-2,9-10H2,(H,21,24)(H,22,25). The van der Waals surface area contributed by atoms with Gasteiger partial charge in [-0.25, -0.2) is 8.42 Å². The van der Waals surface area contributed by atoms with Crippen molar-refractivity contribution in [2.24, 2.45) is 0 Å². The van der Waals surface area contributed by atoms with E-state index in [1.165, 1.54) is 16.6 Å². The number of rotatable bonds is 6. The van der Waals surface area contributed by atoms with Gasteiger partial charge in [0.25, 0.3) is 11.8 Å². The Morgan fingerprint density at radius 1 is 0.967 bits per heavy atom. The van der Waals surface area contributed by atoms with Crippen molar-refractivity contribution in [3.63, 3.8) is 0 Å². The maximum absolute atomic E-state index is 12.9. The number of amides is 2. The van der Waals surface area contributed by atoms with E-state index in [4.69, 9.17) is 4.42 Å². The predicted octanol–water partition coefficient (Wildman–Crippen LogP) is 3.63. The summed E-state index contributed by atoms with van der Waals surface area (Å²) in [4.78, 5) is 25.1. The summed E-state index contributed by atoms with van der Waals surface area (Å²) < 4.78 is 32.2. The zero-order chi connectivity index (χ0) is 21.1. The zero-order valence-corrected chi connectivity index (χ0v) is 17.5. The SMILES string of the molecule is O=C(Nc1cccc(NC(=O)c2sccc2S(=O)(=O)N2CCCC2)c1)c1ccco1. The van der Waals surface area contributed by atoms with Gasteiger partial charge in [-0.05, 0) is 54.6 Å². The maximum Gasteiger partial charge on any atom is 0.291 e. The van der Waals surface area contributed by atoms with Crippen molar-refractivity contribution in [2.75, 3.05) is 23.7 Å². The van der Waals surface area contributed by atoms with Crippen LogP contribution in [0.3, 0.4) is 0 Å². The van der Waals surface area contributed by atoms with Crippen LogP contribution in [0.15, 0.2) is 63.4 Å². The van der Waals surface area contributed by atoms with E-state index in [9.17, 15) is 18.0 Å². The highest BCUT2D eigenvalue weighted by atomic mass is 32.2. The molecule has 0 spiro atoms. The van der Waals surface area contributed by atoms with Crippen LogP contribution in [0.5, 0.6) is 0 Å². The summed E-state index contributed by atoms with van der Waals surface area (Å²) in [5.74, 6) is -0.766. The molecule has 4 rings (SSSR count). The van der Waals surface area contributed by atoms with Crippen LogP contribution in [0.1, 0.15) is 33.1 Å². The largest absolute Gasteiger partial charge is 0.459 e. The van der Waals surface area contributed by atoms with E-state index in [0.29, 0.717) is 24.5 Å².